The molecule has 0 aromatic carbocycles. The first-order chi connectivity index (χ1) is 9.48. The van der Waals surface area contributed by atoms with E-state index >= 15 is 0 Å². The van der Waals surface area contributed by atoms with Crippen LogP contribution < -0.4 is 0 Å². The van der Waals surface area contributed by atoms with E-state index in [1.54, 1.807) is 0 Å². The third-order valence-corrected chi connectivity index (χ3v) is 9.44. The van der Waals surface area contributed by atoms with Crippen molar-refractivity contribution in [2.75, 3.05) is 0 Å². The molecule has 0 heterocycles. The molecule has 20 heavy (non-hydrogen) atoms. The normalized spacial score (nSPS) is 13.7. The molecule has 0 nitrogen and oxygen atoms in total. The highest BCUT2D eigenvalue weighted by Gasteiger charge is 2.25. The van der Waals surface area contributed by atoms with Crippen molar-refractivity contribution >= 4 is 31.1 Å². The minimum absolute atomic E-state index is 0.465. The summed E-state index contributed by atoms with van der Waals surface area (Å²) in [4.78, 5) is 0.465. The second-order valence-electron chi connectivity index (χ2n) is 6.76. The average Bonchev–Trinajstić information content (AvgIpc) is 2.38. The summed E-state index contributed by atoms with van der Waals surface area (Å²) in [7, 11) is -1.52. The van der Waals surface area contributed by atoms with Gasteiger partial charge >= 0.3 is 0 Å². The smallest absolute Gasteiger partial charge is 0.162 e. The summed E-state index contributed by atoms with van der Waals surface area (Å²) in [5.74, 6) is 0. The topological polar surface area (TPSA) is 0 Å². The maximum atomic E-state index is 6.39. The van der Waals surface area contributed by atoms with E-state index in [-0.39, 0.29) is 0 Å². The van der Waals surface area contributed by atoms with Crippen LogP contribution in [0, 0.1) is 0 Å². The fourth-order valence-corrected chi connectivity index (χ4v) is 3.92. The molecule has 0 aromatic rings. The Morgan fingerprint density at radius 2 is 1.10 bits per heavy atom. The van der Waals surface area contributed by atoms with Crippen molar-refractivity contribution in [2.24, 2.45) is 0 Å². The van der Waals surface area contributed by atoms with Crippen LogP contribution in [-0.2, 0) is 0 Å². The molecule has 0 saturated heterocycles. The zero-order valence-electron chi connectivity index (χ0n) is 14.1. The van der Waals surface area contributed by atoms with Crippen LogP contribution in [0.2, 0.25) is 13.1 Å². The van der Waals surface area contributed by atoms with Crippen LogP contribution in [0.4, 0.5) is 0 Å². The second kappa shape index (κ2) is 13.5. The number of thiol groups is 1. The molecule has 0 aliphatic carbocycles. The van der Waals surface area contributed by atoms with Crippen molar-refractivity contribution < 1.29 is 0 Å². The highest BCUT2D eigenvalue weighted by Crippen LogP contribution is 2.23. The fraction of sp³-hybridized carbons (Fsp3) is 1.00. The maximum Gasteiger partial charge on any atom is 0.162 e. The van der Waals surface area contributed by atoms with Crippen LogP contribution in [-0.4, -0.2) is 12.3 Å². The van der Waals surface area contributed by atoms with Gasteiger partial charge in [0.05, 0.1) is 0 Å². The number of hydrogen-bond acceptors (Lipinski definition) is 1. The predicted molar refractivity (Wildman–Crippen MR) is 102 cm³/mol. The number of unbranched alkanes of at least 4 members (excludes halogenated alkanes) is 11. The molecule has 0 spiro atoms. The van der Waals surface area contributed by atoms with Crippen molar-refractivity contribution in [3.8, 4) is 0 Å². The number of hydrogen-bond donors (Lipinski definition) is 1. The lowest BCUT2D eigenvalue weighted by molar-refractivity contribution is 0.542. The summed E-state index contributed by atoms with van der Waals surface area (Å²) in [5, 5.41) is 0. The molecule has 122 valence electrons. The van der Waals surface area contributed by atoms with Gasteiger partial charge in [0.1, 0.15) is 0 Å². The summed E-state index contributed by atoms with van der Waals surface area (Å²) >= 11 is 11.0. The Morgan fingerprint density at radius 3 is 1.45 bits per heavy atom. The third-order valence-electron chi connectivity index (χ3n) is 4.12. The summed E-state index contributed by atoms with van der Waals surface area (Å²) < 4.78 is 0. The Kier molecular flexibility index (Phi) is 14.1. The standard InChI is InChI=1S/C17H37ClSSi/c1-4-5-6-7-8-9-10-11-12-13-14-15-16-17(19)20(2,3)18/h17,19H,4-16H2,1-3H3/t17-/m1/s1. The van der Waals surface area contributed by atoms with Gasteiger partial charge in [-0.2, -0.15) is 23.7 Å². The predicted octanol–water partition coefficient (Wildman–Crippen LogP) is 7.36. The first kappa shape index (κ1) is 20.9. The zero-order chi connectivity index (χ0) is 15.3. The molecule has 0 aromatic heterocycles. The van der Waals surface area contributed by atoms with Crippen molar-refractivity contribution in [3.05, 3.63) is 0 Å². The molecule has 0 saturated carbocycles. The zero-order valence-corrected chi connectivity index (χ0v) is 16.7. The van der Waals surface area contributed by atoms with E-state index in [9.17, 15) is 0 Å². The van der Waals surface area contributed by atoms with Gasteiger partial charge in [-0.05, 0) is 6.42 Å². The van der Waals surface area contributed by atoms with Gasteiger partial charge in [-0.25, -0.2) is 0 Å². The summed E-state index contributed by atoms with van der Waals surface area (Å²) in [6.45, 7) is 6.69. The SMILES string of the molecule is CCCCCCCCCCCCCC[C@H](S)[Si](C)(C)Cl. The lowest BCUT2D eigenvalue weighted by Gasteiger charge is -2.21. The van der Waals surface area contributed by atoms with E-state index in [0.717, 1.165) is 0 Å². The number of halogens is 1. The van der Waals surface area contributed by atoms with Crippen molar-refractivity contribution in [1.82, 2.24) is 0 Å². The lowest BCUT2D eigenvalue weighted by atomic mass is 10.0. The lowest BCUT2D eigenvalue weighted by Crippen LogP contribution is -2.31. The highest BCUT2D eigenvalue weighted by atomic mass is 35.6. The van der Waals surface area contributed by atoms with E-state index in [2.05, 4.69) is 32.6 Å². The number of rotatable bonds is 14. The fourth-order valence-electron chi connectivity index (χ4n) is 2.52. The summed E-state index contributed by atoms with van der Waals surface area (Å²) in [6, 6.07) is 0. The van der Waals surface area contributed by atoms with Gasteiger partial charge in [0.25, 0.3) is 0 Å². The molecule has 1 atom stereocenters. The van der Waals surface area contributed by atoms with Crippen LogP contribution in [0.1, 0.15) is 90.4 Å². The van der Waals surface area contributed by atoms with Crippen molar-refractivity contribution in [3.63, 3.8) is 0 Å². The minimum Gasteiger partial charge on any atom is -0.178 e. The summed E-state index contributed by atoms with van der Waals surface area (Å²) in [6.07, 6.45) is 18.2. The third kappa shape index (κ3) is 13.8. The Hall–Kier alpha value is 0.857. The highest BCUT2D eigenvalue weighted by molar-refractivity contribution is 7.84. The first-order valence-electron chi connectivity index (χ1n) is 8.85. The molecular weight excluding hydrogens is 300 g/mol. The quantitative estimate of drug-likeness (QED) is 0.146. The molecule has 0 aliphatic rings. The van der Waals surface area contributed by atoms with Crippen molar-refractivity contribution in [1.29, 1.82) is 0 Å². The van der Waals surface area contributed by atoms with E-state index in [0.29, 0.717) is 4.87 Å². The van der Waals surface area contributed by atoms with Gasteiger partial charge in [-0.1, -0.05) is 97.1 Å². The molecule has 3 heteroatoms. The van der Waals surface area contributed by atoms with Crippen molar-refractivity contribution in [2.45, 2.75) is 108 Å². The van der Waals surface area contributed by atoms with Crippen LogP contribution >= 0.6 is 23.7 Å². The molecule has 0 N–H and O–H groups in total. The monoisotopic (exact) mass is 336 g/mol. The first-order valence-corrected chi connectivity index (χ1v) is 13.5. The van der Waals surface area contributed by atoms with Crippen LogP contribution in [0.25, 0.3) is 0 Å². The van der Waals surface area contributed by atoms with Gasteiger partial charge in [-0.3, -0.25) is 0 Å². The molecule has 0 radical (unpaired) electrons. The van der Waals surface area contributed by atoms with E-state index < -0.39 is 7.38 Å². The van der Waals surface area contributed by atoms with Crippen LogP contribution in [0.15, 0.2) is 0 Å². The second-order valence-corrected chi connectivity index (χ2v) is 14.6. The van der Waals surface area contributed by atoms with Crippen LogP contribution in [0.5, 0.6) is 0 Å². The molecule has 0 unspecified atom stereocenters. The van der Waals surface area contributed by atoms with Gasteiger partial charge in [0.2, 0.25) is 0 Å². The van der Waals surface area contributed by atoms with Crippen LogP contribution in [0.3, 0.4) is 0 Å². The molecular formula is C17H37ClSSi. The molecule has 0 amide bonds. The van der Waals surface area contributed by atoms with Gasteiger partial charge in [-0.15, -0.1) is 0 Å². The van der Waals surface area contributed by atoms with E-state index in [4.69, 9.17) is 11.1 Å². The summed E-state index contributed by atoms with van der Waals surface area (Å²) in [5.41, 5.74) is 0. The van der Waals surface area contributed by atoms with E-state index in [1.165, 1.54) is 83.5 Å². The Bertz CT molecular complexity index is 204. The molecule has 0 aliphatic heterocycles. The van der Waals surface area contributed by atoms with Gasteiger partial charge in [0.15, 0.2) is 7.38 Å². The Labute approximate surface area is 139 Å². The average molecular weight is 337 g/mol. The molecule has 0 fully saturated rings. The minimum atomic E-state index is -1.52. The Morgan fingerprint density at radius 1 is 0.750 bits per heavy atom. The molecule has 0 rings (SSSR count). The van der Waals surface area contributed by atoms with Gasteiger partial charge in [0, 0.05) is 4.87 Å². The largest absolute Gasteiger partial charge is 0.178 e. The Balaban J connectivity index is 3.14. The van der Waals surface area contributed by atoms with E-state index in [1.807, 2.05) is 0 Å². The maximum absolute atomic E-state index is 6.39. The van der Waals surface area contributed by atoms with Gasteiger partial charge < -0.3 is 0 Å². The molecule has 0 bridgehead atoms.